The lowest BCUT2D eigenvalue weighted by atomic mass is 10.2. The molecule has 0 aliphatic heterocycles. The minimum Gasteiger partial charge on any atom is -0.391 e. The molecule has 0 saturated heterocycles. The lowest BCUT2D eigenvalue weighted by molar-refractivity contribution is 0.142. The summed E-state index contributed by atoms with van der Waals surface area (Å²) in [5, 5.41) is 19.1. The predicted molar refractivity (Wildman–Crippen MR) is 89.9 cm³/mol. The number of rotatable bonds is 8. The van der Waals surface area contributed by atoms with Crippen molar-refractivity contribution < 1.29 is 5.11 Å². The summed E-state index contributed by atoms with van der Waals surface area (Å²) < 4.78 is 2.02. The van der Waals surface area contributed by atoms with Gasteiger partial charge in [0, 0.05) is 24.9 Å². The van der Waals surface area contributed by atoms with E-state index < -0.39 is 6.10 Å². The quantitative estimate of drug-likeness (QED) is 0.757. The van der Waals surface area contributed by atoms with Gasteiger partial charge in [0.1, 0.15) is 6.33 Å². The van der Waals surface area contributed by atoms with Crippen molar-refractivity contribution in [3.63, 3.8) is 0 Å². The third-order valence-electron chi connectivity index (χ3n) is 3.32. The molecule has 0 radical (unpaired) electrons. The van der Waals surface area contributed by atoms with E-state index in [0.29, 0.717) is 18.3 Å². The predicted octanol–water partition coefficient (Wildman–Crippen LogP) is 2.44. The van der Waals surface area contributed by atoms with Gasteiger partial charge in [-0.1, -0.05) is 42.1 Å². The first kappa shape index (κ1) is 17.0. The van der Waals surface area contributed by atoms with Crippen LogP contribution in [0.2, 0.25) is 0 Å². The van der Waals surface area contributed by atoms with Gasteiger partial charge in [0.15, 0.2) is 5.16 Å². The number of thioether (sulfide) groups is 1. The van der Waals surface area contributed by atoms with Crippen molar-refractivity contribution in [2.24, 2.45) is 0 Å². The van der Waals surface area contributed by atoms with E-state index in [-0.39, 0.29) is 0 Å². The second kappa shape index (κ2) is 8.31. The molecular weight excluding hydrogens is 296 g/mol. The molecule has 1 N–H and O–H groups in total. The highest BCUT2D eigenvalue weighted by molar-refractivity contribution is 7.99. The number of aliphatic hydroxyl groups excluding tert-OH is 1. The molecule has 6 heteroatoms. The molecule has 2 aromatic rings. The van der Waals surface area contributed by atoms with E-state index in [1.807, 2.05) is 29.8 Å². The molecule has 0 bridgehead atoms. The molecule has 0 amide bonds. The molecule has 0 aliphatic carbocycles. The van der Waals surface area contributed by atoms with E-state index in [1.165, 1.54) is 5.56 Å². The third kappa shape index (κ3) is 5.12. The lowest BCUT2D eigenvalue weighted by Crippen LogP contribution is -2.30. The topological polar surface area (TPSA) is 54.2 Å². The summed E-state index contributed by atoms with van der Waals surface area (Å²) in [6.45, 7) is 5.66. The Hall–Kier alpha value is -1.37. The van der Waals surface area contributed by atoms with Gasteiger partial charge < -0.3 is 9.67 Å². The molecule has 120 valence electrons. The Morgan fingerprint density at radius 3 is 2.68 bits per heavy atom. The Morgan fingerprint density at radius 2 is 2.00 bits per heavy atom. The van der Waals surface area contributed by atoms with E-state index in [0.717, 1.165) is 11.7 Å². The minimum absolute atomic E-state index is 0.329. The second-order valence-corrected chi connectivity index (χ2v) is 6.75. The Bertz CT molecular complexity index is 558. The highest BCUT2D eigenvalue weighted by Crippen LogP contribution is 2.19. The smallest absolute Gasteiger partial charge is 0.191 e. The number of likely N-dealkylation sites (N-methyl/N-ethyl adjacent to an activating group) is 1. The van der Waals surface area contributed by atoms with Crippen LogP contribution in [0.1, 0.15) is 25.5 Å². The van der Waals surface area contributed by atoms with Crippen molar-refractivity contribution in [3.05, 3.63) is 42.2 Å². The molecule has 1 aromatic heterocycles. The maximum Gasteiger partial charge on any atom is 0.191 e. The van der Waals surface area contributed by atoms with E-state index in [1.54, 1.807) is 18.1 Å². The molecule has 1 atom stereocenters. The normalized spacial score (nSPS) is 13.0. The van der Waals surface area contributed by atoms with E-state index in [4.69, 9.17) is 0 Å². The number of aliphatic hydroxyl groups is 1. The number of hydrogen-bond donors (Lipinski definition) is 1. The van der Waals surface area contributed by atoms with Crippen molar-refractivity contribution in [2.75, 3.05) is 19.3 Å². The molecule has 1 unspecified atom stereocenters. The second-order valence-electron chi connectivity index (χ2n) is 5.76. The molecule has 0 fully saturated rings. The van der Waals surface area contributed by atoms with Gasteiger partial charge in [-0.15, -0.1) is 10.2 Å². The number of benzene rings is 1. The van der Waals surface area contributed by atoms with Gasteiger partial charge in [-0.05, 0) is 26.5 Å². The van der Waals surface area contributed by atoms with Crippen molar-refractivity contribution in [3.8, 4) is 0 Å². The fourth-order valence-corrected chi connectivity index (χ4v) is 3.19. The highest BCUT2D eigenvalue weighted by Gasteiger charge is 2.13. The van der Waals surface area contributed by atoms with Crippen molar-refractivity contribution >= 4 is 11.8 Å². The van der Waals surface area contributed by atoms with Gasteiger partial charge in [0.25, 0.3) is 0 Å². The van der Waals surface area contributed by atoms with Crippen LogP contribution in [-0.4, -0.2) is 50.2 Å². The lowest BCUT2D eigenvalue weighted by Gasteiger charge is -2.20. The highest BCUT2D eigenvalue weighted by atomic mass is 32.2. The van der Waals surface area contributed by atoms with Crippen LogP contribution in [0.25, 0.3) is 0 Å². The number of aromatic nitrogens is 3. The van der Waals surface area contributed by atoms with Crippen molar-refractivity contribution in [1.82, 2.24) is 19.7 Å². The molecule has 0 spiro atoms. The summed E-state index contributed by atoms with van der Waals surface area (Å²) in [6, 6.07) is 10.6. The standard InChI is InChI=1S/C16H24N4OS/c1-13(2)20-12-17-18-16(20)22-11-15(21)10-19(3)9-14-7-5-4-6-8-14/h4-8,12-13,15,21H,9-11H2,1-3H3. The van der Waals surface area contributed by atoms with Crippen LogP contribution in [0.3, 0.4) is 0 Å². The molecule has 0 aliphatic rings. The summed E-state index contributed by atoms with van der Waals surface area (Å²) >= 11 is 1.55. The number of nitrogens with zero attached hydrogens (tertiary/aromatic N) is 4. The van der Waals surface area contributed by atoms with E-state index >= 15 is 0 Å². The molecule has 22 heavy (non-hydrogen) atoms. The third-order valence-corrected chi connectivity index (χ3v) is 4.42. The average molecular weight is 320 g/mol. The van der Waals surface area contributed by atoms with Gasteiger partial charge in [0.2, 0.25) is 0 Å². The zero-order valence-corrected chi connectivity index (χ0v) is 14.2. The zero-order valence-electron chi connectivity index (χ0n) is 13.4. The Morgan fingerprint density at radius 1 is 1.27 bits per heavy atom. The SMILES string of the molecule is CC(C)n1cnnc1SCC(O)CN(C)Cc1ccccc1. The van der Waals surface area contributed by atoms with Crippen LogP contribution in [0, 0.1) is 0 Å². The van der Waals surface area contributed by atoms with E-state index in [9.17, 15) is 5.11 Å². The monoisotopic (exact) mass is 320 g/mol. The Balaban J connectivity index is 1.77. The first-order chi connectivity index (χ1) is 10.6. The molecule has 5 nitrogen and oxygen atoms in total. The Labute approximate surface area is 136 Å². The van der Waals surface area contributed by atoms with Crippen molar-refractivity contribution in [1.29, 1.82) is 0 Å². The summed E-state index contributed by atoms with van der Waals surface area (Å²) in [5.74, 6) is 0.616. The van der Waals surface area contributed by atoms with Crippen LogP contribution in [0.15, 0.2) is 41.8 Å². The number of hydrogen-bond acceptors (Lipinski definition) is 5. The van der Waals surface area contributed by atoms with Crippen molar-refractivity contribution in [2.45, 2.75) is 37.7 Å². The molecule has 1 aromatic carbocycles. The first-order valence-corrected chi connectivity index (χ1v) is 8.47. The van der Waals surface area contributed by atoms with Crippen LogP contribution in [0.4, 0.5) is 0 Å². The maximum atomic E-state index is 10.2. The van der Waals surface area contributed by atoms with Crippen LogP contribution in [-0.2, 0) is 6.54 Å². The Kier molecular flexibility index (Phi) is 6.42. The fraction of sp³-hybridized carbons (Fsp3) is 0.500. The first-order valence-electron chi connectivity index (χ1n) is 7.49. The molecule has 0 saturated carbocycles. The maximum absolute atomic E-state index is 10.2. The van der Waals surface area contributed by atoms with Gasteiger partial charge in [-0.25, -0.2) is 0 Å². The van der Waals surface area contributed by atoms with Crippen LogP contribution in [0.5, 0.6) is 0 Å². The summed E-state index contributed by atoms with van der Waals surface area (Å²) in [6.07, 6.45) is 1.34. The van der Waals surface area contributed by atoms with Crippen LogP contribution >= 0.6 is 11.8 Å². The van der Waals surface area contributed by atoms with Crippen LogP contribution < -0.4 is 0 Å². The largest absolute Gasteiger partial charge is 0.391 e. The zero-order chi connectivity index (χ0) is 15.9. The molecular formula is C16H24N4OS. The van der Waals surface area contributed by atoms with Gasteiger partial charge in [-0.3, -0.25) is 4.90 Å². The summed E-state index contributed by atoms with van der Waals surface area (Å²) in [7, 11) is 2.03. The molecule has 1 heterocycles. The summed E-state index contributed by atoms with van der Waals surface area (Å²) in [4.78, 5) is 2.13. The fourth-order valence-electron chi connectivity index (χ4n) is 2.23. The van der Waals surface area contributed by atoms with E-state index in [2.05, 4.69) is 41.1 Å². The molecule has 2 rings (SSSR count). The van der Waals surface area contributed by atoms with Gasteiger partial charge >= 0.3 is 0 Å². The average Bonchev–Trinajstić information content (AvgIpc) is 2.94. The van der Waals surface area contributed by atoms with Gasteiger partial charge in [-0.2, -0.15) is 0 Å². The summed E-state index contributed by atoms with van der Waals surface area (Å²) in [5.41, 5.74) is 1.25. The minimum atomic E-state index is -0.393. The van der Waals surface area contributed by atoms with Gasteiger partial charge in [0.05, 0.1) is 6.10 Å².